The number of aryl methyl sites for hydroxylation is 1. The fourth-order valence-electron chi connectivity index (χ4n) is 2.38. The predicted octanol–water partition coefficient (Wildman–Crippen LogP) is 2.79. The molecule has 0 bridgehead atoms. The lowest BCUT2D eigenvalue weighted by Gasteiger charge is -2.20. The highest BCUT2D eigenvalue weighted by molar-refractivity contribution is 7.88. The number of rotatable bonds is 8. The van der Waals surface area contributed by atoms with Crippen molar-refractivity contribution in [3.05, 3.63) is 59.7 Å². The van der Waals surface area contributed by atoms with E-state index in [0.717, 1.165) is 21.7 Å². The third-order valence-corrected chi connectivity index (χ3v) is 4.89. The van der Waals surface area contributed by atoms with Crippen molar-refractivity contribution in [1.82, 2.24) is 4.31 Å². The Morgan fingerprint density at radius 2 is 1.85 bits per heavy atom. The fraction of sp³-hybridized carbons (Fsp3) is 0.316. The Hall–Kier alpha value is -2.38. The summed E-state index contributed by atoms with van der Waals surface area (Å²) in [5.41, 5.74) is 2.48. The van der Waals surface area contributed by atoms with Gasteiger partial charge in [0.1, 0.15) is 5.75 Å². The van der Waals surface area contributed by atoms with E-state index >= 15 is 0 Å². The third kappa shape index (κ3) is 6.16. The molecule has 0 atom stereocenters. The Kier molecular flexibility index (Phi) is 6.76. The molecule has 26 heavy (non-hydrogen) atoms. The molecule has 0 saturated heterocycles. The molecule has 0 aliphatic heterocycles. The molecule has 0 aromatic heterocycles. The second-order valence-electron chi connectivity index (χ2n) is 6.03. The van der Waals surface area contributed by atoms with E-state index in [1.165, 1.54) is 0 Å². The van der Waals surface area contributed by atoms with Gasteiger partial charge in [0.15, 0.2) is 0 Å². The van der Waals surface area contributed by atoms with Crippen molar-refractivity contribution in [2.45, 2.75) is 20.4 Å². The summed E-state index contributed by atoms with van der Waals surface area (Å²) in [5, 5.41) is 2.71. The van der Waals surface area contributed by atoms with Crippen LogP contribution in [0.25, 0.3) is 0 Å². The first-order chi connectivity index (χ1) is 12.3. The Bertz CT molecular complexity index is 848. The second-order valence-corrected chi connectivity index (χ2v) is 8.01. The zero-order valence-corrected chi connectivity index (χ0v) is 16.0. The lowest BCUT2D eigenvalue weighted by Crippen LogP contribution is -2.36. The van der Waals surface area contributed by atoms with E-state index in [-0.39, 0.29) is 13.1 Å². The molecule has 7 heteroatoms. The summed E-state index contributed by atoms with van der Waals surface area (Å²) in [6, 6.07) is 14.5. The first kappa shape index (κ1) is 19.9. The molecule has 2 aromatic rings. The van der Waals surface area contributed by atoms with Gasteiger partial charge in [0, 0.05) is 18.3 Å². The van der Waals surface area contributed by atoms with Crippen LogP contribution in [0.15, 0.2) is 48.5 Å². The number of benzene rings is 2. The van der Waals surface area contributed by atoms with E-state index < -0.39 is 15.9 Å². The number of nitrogens with one attached hydrogen (secondary N) is 1. The van der Waals surface area contributed by atoms with Gasteiger partial charge in [-0.1, -0.05) is 35.9 Å². The average Bonchev–Trinajstić information content (AvgIpc) is 2.56. The van der Waals surface area contributed by atoms with Gasteiger partial charge in [-0.05, 0) is 31.5 Å². The molecule has 0 saturated carbocycles. The maximum Gasteiger partial charge on any atom is 0.239 e. The van der Waals surface area contributed by atoms with E-state index in [1.807, 2.05) is 38.1 Å². The van der Waals surface area contributed by atoms with Crippen LogP contribution in [0, 0.1) is 6.92 Å². The number of carbonyl (C=O) groups is 1. The quantitative estimate of drug-likeness (QED) is 0.769. The van der Waals surface area contributed by atoms with Crippen molar-refractivity contribution in [3.8, 4) is 5.75 Å². The highest BCUT2D eigenvalue weighted by Crippen LogP contribution is 2.17. The minimum atomic E-state index is -3.53. The molecule has 0 aliphatic rings. The van der Waals surface area contributed by atoms with E-state index in [1.54, 1.807) is 24.3 Å². The number of ether oxygens (including phenoxy) is 1. The van der Waals surface area contributed by atoms with Crippen LogP contribution in [0.4, 0.5) is 5.69 Å². The van der Waals surface area contributed by atoms with Crippen LogP contribution >= 0.6 is 0 Å². The fourth-order valence-corrected chi connectivity index (χ4v) is 3.11. The van der Waals surface area contributed by atoms with Gasteiger partial charge in [-0.2, -0.15) is 4.31 Å². The predicted molar refractivity (Wildman–Crippen MR) is 103 cm³/mol. The number of sulfonamides is 1. The number of hydrogen-bond acceptors (Lipinski definition) is 4. The van der Waals surface area contributed by atoms with Crippen LogP contribution in [-0.2, 0) is 21.4 Å². The molecule has 0 radical (unpaired) electrons. The topological polar surface area (TPSA) is 75.7 Å². The summed E-state index contributed by atoms with van der Waals surface area (Å²) >= 11 is 0. The van der Waals surface area contributed by atoms with Crippen molar-refractivity contribution in [2.24, 2.45) is 0 Å². The Morgan fingerprint density at radius 1 is 1.15 bits per heavy atom. The van der Waals surface area contributed by atoms with Gasteiger partial charge < -0.3 is 10.1 Å². The highest BCUT2D eigenvalue weighted by Gasteiger charge is 2.20. The molecule has 1 amide bonds. The van der Waals surface area contributed by atoms with Crippen molar-refractivity contribution in [1.29, 1.82) is 0 Å². The summed E-state index contributed by atoms with van der Waals surface area (Å²) in [6.07, 6.45) is 1.10. The monoisotopic (exact) mass is 376 g/mol. The molecular formula is C19H24N2O4S. The van der Waals surface area contributed by atoms with Crippen LogP contribution in [0.3, 0.4) is 0 Å². The summed E-state index contributed by atoms with van der Waals surface area (Å²) in [5.74, 6) is 0.237. The van der Waals surface area contributed by atoms with Gasteiger partial charge in [0.05, 0.1) is 19.4 Å². The first-order valence-corrected chi connectivity index (χ1v) is 10.2. The number of amides is 1. The largest absolute Gasteiger partial charge is 0.494 e. The van der Waals surface area contributed by atoms with Gasteiger partial charge in [-0.3, -0.25) is 4.79 Å². The summed E-state index contributed by atoms with van der Waals surface area (Å²) < 4.78 is 30.7. The second kappa shape index (κ2) is 8.82. The molecule has 0 heterocycles. The van der Waals surface area contributed by atoms with Gasteiger partial charge >= 0.3 is 0 Å². The van der Waals surface area contributed by atoms with E-state index in [4.69, 9.17) is 4.74 Å². The molecule has 6 nitrogen and oxygen atoms in total. The van der Waals surface area contributed by atoms with E-state index in [2.05, 4.69) is 5.32 Å². The van der Waals surface area contributed by atoms with Crippen LogP contribution in [0.2, 0.25) is 0 Å². The molecule has 140 valence electrons. The third-order valence-electron chi connectivity index (χ3n) is 3.70. The van der Waals surface area contributed by atoms with E-state index in [0.29, 0.717) is 18.0 Å². The van der Waals surface area contributed by atoms with Crippen LogP contribution < -0.4 is 10.1 Å². The van der Waals surface area contributed by atoms with Crippen molar-refractivity contribution >= 4 is 21.6 Å². The van der Waals surface area contributed by atoms with Gasteiger partial charge in [-0.25, -0.2) is 8.42 Å². The molecule has 2 aromatic carbocycles. The maximum atomic E-state index is 12.3. The Morgan fingerprint density at radius 3 is 2.46 bits per heavy atom. The van der Waals surface area contributed by atoms with Gasteiger partial charge in [0.2, 0.25) is 15.9 Å². The highest BCUT2D eigenvalue weighted by atomic mass is 32.2. The standard InChI is InChI=1S/C19H24N2O4S/c1-4-25-18-7-5-6-17(12-18)20-19(22)14-21(26(3,23)24)13-16-10-8-15(2)9-11-16/h5-12H,4,13-14H2,1-3H3,(H,20,22). The van der Waals surface area contributed by atoms with Crippen molar-refractivity contribution < 1.29 is 17.9 Å². The lowest BCUT2D eigenvalue weighted by molar-refractivity contribution is -0.116. The van der Waals surface area contributed by atoms with Gasteiger partial charge in [0.25, 0.3) is 0 Å². The van der Waals surface area contributed by atoms with Crippen LogP contribution in [-0.4, -0.2) is 38.0 Å². The lowest BCUT2D eigenvalue weighted by atomic mass is 10.1. The molecule has 0 spiro atoms. The van der Waals surface area contributed by atoms with Gasteiger partial charge in [-0.15, -0.1) is 0 Å². The molecule has 0 unspecified atom stereocenters. The maximum absolute atomic E-state index is 12.3. The minimum Gasteiger partial charge on any atom is -0.494 e. The molecule has 1 N–H and O–H groups in total. The van der Waals surface area contributed by atoms with Crippen molar-refractivity contribution in [2.75, 3.05) is 24.7 Å². The smallest absolute Gasteiger partial charge is 0.239 e. The average molecular weight is 376 g/mol. The number of hydrogen-bond donors (Lipinski definition) is 1. The molecule has 0 fully saturated rings. The number of nitrogens with zero attached hydrogens (tertiary/aromatic N) is 1. The SMILES string of the molecule is CCOc1cccc(NC(=O)CN(Cc2ccc(C)cc2)S(C)(=O)=O)c1. The summed E-state index contributed by atoms with van der Waals surface area (Å²) in [4.78, 5) is 12.3. The zero-order valence-electron chi connectivity index (χ0n) is 15.2. The normalized spacial score (nSPS) is 11.4. The Balaban J connectivity index is 2.06. The summed E-state index contributed by atoms with van der Waals surface area (Å²) in [6.45, 7) is 4.25. The molecule has 0 aliphatic carbocycles. The van der Waals surface area contributed by atoms with Crippen molar-refractivity contribution in [3.63, 3.8) is 0 Å². The number of anilines is 1. The Labute approximate surface area is 154 Å². The zero-order chi connectivity index (χ0) is 19.2. The molecule has 2 rings (SSSR count). The minimum absolute atomic E-state index is 0.144. The van der Waals surface area contributed by atoms with Crippen LogP contribution in [0.5, 0.6) is 5.75 Å². The number of carbonyl (C=O) groups excluding carboxylic acids is 1. The molecular weight excluding hydrogens is 352 g/mol. The van der Waals surface area contributed by atoms with Crippen LogP contribution in [0.1, 0.15) is 18.1 Å². The summed E-state index contributed by atoms with van der Waals surface area (Å²) in [7, 11) is -3.53. The van der Waals surface area contributed by atoms with E-state index in [9.17, 15) is 13.2 Å². The first-order valence-electron chi connectivity index (χ1n) is 8.31.